The van der Waals surface area contributed by atoms with Crippen molar-refractivity contribution in [1.29, 1.82) is 0 Å². The van der Waals surface area contributed by atoms with Crippen molar-refractivity contribution in [2.75, 3.05) is 0 Å². The minimum atomic E-state index is -4.94. The van der Waals surface area contributed by atoms with Gasteiger partial charge in [-0.3, -0.25) is 0 Å². The van der Waals surface area contributed by atoms with Crippen LogP contribution in [0.15, 0.2) is 12.1 Å². The van der Waals surface area contributed by atoms with Gasteiger partial charge in [-0.15, -0.1) is 0 Å². The Bertz CT molecular complexity index is 501. The largest absolute Gasteiger partial charge is 0.419 e. The van der Waals surface area contributed by atoms with Gasteiger partial charge in [-0.1, -0.05) is 0 Å². The number of hydrogen-bond donors (Lipinski definition) is 2. The van der Waals surface area contributed by atoms with Crippen LogP contribution in [-0.4, -0.2) is 4.21 Å². The summed E-state index contributed by atoms with van der Waals surface area (Å²) in [5.74, 6) is -2.72. The Kier molecular flexibility index (Phi) is 3.91. The van der Waals surface area contributed by atoms with E-state index in [9.17, 15) is 26.2 Å². The summed E-state index contributed by atoms with van der Waals surface area (Å²) < 4.78 is 77.3. The van der Waals surface area contributed by atoms with E-state index < -0.39 is 41.3 Å². The van der Waals surface area contributed by atoms with Crippen molar-refractivity contribution in [3.8, 4) is 0 Å². The van der Waals surface area contributed by atoms with Crippen molar-refractivity contribution in [3.63, 3.8) is 0 Å². The Balaban J connectivity index is 2.41. The standard InChI is InChI=1S/C11H10F5NOS/c12-8-4-7(11(14,15)16)9(13)3-6(8)10(17-19-18)5-1-2-5/h3-5,10,19H,1-2H2,(H,17,18). The summed E-state index contributed by atoms with van der Waals surface area (Å²) in [6.07, 6.45) is -3.48. The van der Waals surface area contributed by atoms with Gasteiger partial charge in [0.2, 0.25) is 0 Å². The SMILES string of the molecule is O=[SH]NC(c1cc(F)c(C(F)(F)F)cc1F)C1CC1. The van der Waals surface area contributed by atoms with Crippen LogP contribution in [0.3, 0.4) is 0 Å². The fourth-order valence-electron chi connectivity index (χ4n) is 1.93. The molecule has 0 spiro atoms. The van der Waals surface area contributed by atoms with E-state index in [4.69, 9.17) is 0 Å². The van der Waals surface area contributed by atoms with E-state index in [-0.39, 0.29) is 17.5 Å². The van der Waals surface area contributed by atoms with Crippen molar-refractivity contribution in [2.24, 2.45) is 5.92 Å². The van der Waals surface area contributed by atoms with Crippen molar-refractivity contribution in [1.82, 2.24) is 4.72 Å². The molecule has 0 radical (unpaired) electrons. The first kappa shape index (κ1) is 14.4. The molecule has 0 aliphatic heterocycles. The van der Waals surface area contributed by atoms with Gasteiger partial charge < -0.3 is 0 Å². The second-order valence-electron chi connectivity index (χ2n) is 4.39. The van der Waals surface area contributed by atoms with E-state index in [1.807, 2.05) is 0 Å². The quantitative estimate of drug-likeness (QED) is 0.649. The van der Waals surface area contributed by atoms with Gasteiger partial charge in [-0.2, -0.15) is 13.2 Å². The van der Waals surface area contributed by atoms with Crippen LogP contribution in [-0.2, 0) is 18.0 Å². The van der Waals surface area contributed by atoms with E-state index in [1.54, 1.807) is 0 Å². The molecule has 0 bridgehead atoms. The average Bonchev–Trinajstić information content (AvgIpc) is 3.11. The van der Waals surface area contributed by atoms with Gasteiger partial charge in [0.05, 0.1) is 17.4 Å². The van der Waals surface area contributed by atoms with E-state index in [0.29, 0.717) is 6.07 Å². The van der Waals surface area contributed by atoms with Crippen molar-refractivity contribution < 1.29 is 26.2 Å². The minimum absolute atomic E-state index is 0.0351. The Morgan fingerprint density at radius 2 is 1.84 bits per heavy atom. The summed E-state index contributed by atoms with van der Waals surface area (Å²) in [5.41, 5.74) is -1.86. The number of benzene rings is 1. The van der Waals surface area contributed by atoms with Crippen molar-refractivity contribution in [2.45, 2.75) is 25.1 Å². The Morgan fingerprint density at radius 1 is 1.21 bits per heavy atom. The molecule has 0 amide bonds. The summed E-state index contributed by atoms with van der Waals surface area (Å²) in [7, 11) is 0. The van der Waals surface area contributed by atoms with Crippen LogP contribution >= 0.6 is 0 Å². The van der Waals surface area contributed by atoms with Crippen LogP contribution in [0.1, 0.15) is 30.0 Å². The highest BCUT2D eigenvalue weighted by Crippen LogP contribution is 2.43. The van der Waals surface area contributed by atoms with Crippen molar-refractivity contribution in [3.05, 3.63) is 34.9 Å². The highest BCUT2D eigenvalue weighted by atomic mass is 32.2. The molecule has 1 fully saturated rings. The highest BCUT2D eigenvalue weighted by Gasteiger charge is 2.38. The molecule has 2 nitrogen and oxygen atoms in total. The van der Waals surface area contributed by atoms with Gasteiger partial charge in [-0.05, 0) is 30.9 Å². The van der Waals surface area contributed by atoms with Crippen LogP contribution < -0.4 is 4.72 Å². The van der Waals surface area contributed by atoms with Gasteiger partial charge in [0.1, 0.15) is 11.6 Å². The van der Waals surface area contributed by atoms with Gasteiger partial charge in [-0.25, -0.2) is 17.7 Å². The molecular formula is C11H10F5NOS. The van der Waals surface area contributed by atoms with Crippen LogP contribution in [0.2, 0.25) is 0 Å². The molecule has 1 N–H and O–H groups in total. The smallest absolute Gasteiger partial charge is 0.246 e. The number of nitrogens with one attached hydrogen (secondary N) is 1. The van der Waals surface area contributed by atoms with Crippen molar-refractivity contribution >= 4 is 11.9 Å². The maximum Gasteiger partial charge on any atom is 0.419 e. The third-order valence-corrected chi connectivity index (χ3v) is 3.40. The molecule has 106 valence electrons. The molecule has 1 unspecified atom stereocenters. The number of halogens is 5. The Hall–Kier alpha value is -1.02. The second-order valence-corrected chi connectivity index (χ2v) is 4.83. The van der Waals surface area contributed by atoms with Crippen LogP contribution in [0.4, 0.5) is 22.0 Å². The molecule has 0 heterocycles. The number of rotatable bonds is 4. The molecule has 1 aliphatic carbocycles. The van der Waals surface area contributed by atoms with Crippen LogP contribution in [0.25, 0.3) is 0 Å². The van der Waals surface area contributed by atoms with Gasteiger partial charge in [0.25, 0.3) is 0 Å². The molecule has 0 saturated heterocycles. The molecule has 0 aromatic heterocycles. The molecule has 1 aromatic rings. The zero-order chi connectivity index (χ0) is 14.2. The van der Waals surface area contributed by atoms with Gasteiger partial charge in [0.15, 0.2) is 0 Å². The lowest BCUT2D eigenvalue weighted by Gasteiger charge is -2.17. The molecule has 2 rings (SSSR count). The van der Waals surface area contributed by atoms with E-state index >= 15 is 0 Å². The molecule has 19 heavy (non-hydrogen) atoms. The van der Waals surface area contributed by atoms with Crippen LogP contribution in [0.5, 0.6) is 0 Å². The maximum atomic E-state index is 13.7. The molecule has 8 heteroatoms. The third-order valence-electron chi connectivity index (χ3n) is 3.01. The Labute approximate surface area is 109 Å². The van der Waals surface area contributed by atoms with Crippen LogP contribution in [0, 0.1) is 17.6 Å². The lowest BCUT2D eigenvalue weighted by atomic mass is 10.0. The summed E-state index contributed by atoms with van der Waals surface area (Å²) in [6, 6.07) is -0.0705. The first-order chi connectivity index (χ1) is 8.84. The van der Waals surface area contributed by atoms with Gasteiger partial charge >= 0.3 is 6.18 Å². The first-order valence-electron chi connectivity index (χ1n) is 5.48. The fraction of sp³-hybridized carbons (Fsp3) is 0.455. The number of thiol groups is 1. The molecular weight excluding hydrogens is 289 g/mol. The predicted molar refractivity (Wildman–Crippen MR) is 59.5 cm³/mol. The van der Waals surface area contributed by atoms with E-state index in [0.717, 1.165) is 12.8 Å². The Morgan fingerprint density at radius 3 is 2.32 bits per heavy atom. The lowest BCUT2D eigenvalue weighted by Crippen LogP contribution is -2.21. The topological polar surface area (TPSA) is 29.1 Å². The third kappa shape index (κ3) is 3.11. The maximum absolute atomic E-state index is 13.7. The minimum Gasteiger partial charge on any atom is -0.246 e. The lowest BCUT2D eigenvalue weighted by molar-refractivity contribution is -0.140. The zero-order valence-electron chi connectivity index (χ0n) is 9.47. The summed E-state index contributed by atoms with van der Waals surface area (Å²) in [6.45, 7) is 0. The van der Waals surface area contributed by atoms with E-state index in [1.165, 1.54) is 0 Å². The summed E-state index contributed by atoms with van der Waals surface area (Å²) in [4.78, 5) is 0. The number of hydrogen-bond acceptors (Lipinski definition) is 1. The zero-order valence-corrected chi connectivity index (χ0v) is 10.4. The fourth-order valence-corrected chi connectivity index (χ4v) is 2.40. The summed E-state index contributed by atoms with van der Waals surface area (Å²) in [5, 5.41) is 0. The average molecular weight is 299 g/mol. The molecule has 1 atom stereocenters. The predicted octanol–water partition coefficient (Wildman–Crippen LogP) is 2.88. The monoisotopic (exact) mass is 299 g/mol. The first-order valence-corrected chi connectivity index (χ1v) is 6.30. The molecule has 1 saturated carbocycles. The second kappa shape index (κ2) is 5.16. The number of alkyl halides is 3. The highest BCUT2D eigenvalue weighted by molar-refractivity contribution is 7.63. The molecule has 1 aromatic carbocycles. The normalized spacial score (nSPS) is 17.5. The summed E-state index contributed by atoms with van der Waals surface area (Å²) >= 11 is -0.475. The van der Waals surface area contributed by atoms with E-state index in [2.05, 4.69) is 4.72 Å². The molecule has 1 aliphatic rings. The van der Waals surface area contributed by atoms with Gasteiger partial charge in [0, 0.05) is 11.6 Å².